The van der Waals surface area contributed by atoms with Gasteiger partial charge in [-0.1, -0.05) is 6.07 Å². The fourth-order valence-electron chi connectivity index (χ4n) is 2.54. The Kier molecular flexibility index (Phi) is 3.60. The van der Waals surface area contributed by atoms with E-state index in [0.717, 1.165) is 12.8 Å². The van der Waals surface area contributed by atoms with E-state index in [1.54, 1.807) is 0 Å². The van der Waals surface area contributed by atoms with E-state index in [4.69, 9.17) is 17.0 Å². The fraction of sp³-hybridized carbons (Fsp3) is 0.357. The van der Waals surface area contributed by atoms with Gasteiger partial charge in [0.05, 0.1) is 29.5 Å². The molecule has 1 N–H and O–H groups in total. The molecule has 21 heavy (non-hydrogen) atoms. The molecule has 2 aromatic rings. The third-order valence-electron chi connectivity index (χ3n) is 3.63. The second-order valence-corrected chi connectivity index (χ2v) is 5.42. The van der Waals surface area contributed by atoms with Crippen molar-refractivity contribution in [2.24, 2.45) is 0 Å². The van der Waals surface area contributed by atoms with Gasteiger partial charge in [-0.05, 0) is 42.8 Å². The lowest BCUT2D eigenvalue weighted by Crippen LogP contribution is -2.28. The molecule has 110 valence electrons. The van der Waals surface area contributed by atoms with Gasteiger partial charge in [0, 0.05) is 6.61 Å². The first-order chi connectivity index (χ1) is 10.1. The smallest absolute Gasteiger partial charge is 0.262 e. The number of H-pyrrole nitrogens is 1. The maximum atomic E-state index is 12.5. The van der Waals surface area contributed by atoms with Gasteiger partial charge in [-0.3, -0.25) is 9.36 Å². The van der Waals surface area contributed by atoms with E-state index in [9.17, 15) is 14.7 Å². The van der Waals surface area contributed by atoms with Gasteiger partial charge in [0.2, 0.25) is 0 Å². The zero-order valence-electron chi connectivity index (χ0n) is 11.1. The maximum Gasteiger partial charge on any atom is 0.262 e. The summed E-state index contributed by atoms with van der Waals surface area (Å²) in [4.78, 5) is 26.2. The summed E-state index contributed by atoms with van der Waals surface area (Å²) in [7, 11) is 0. The number of aromatic amines is 1. The van der Waals surface area contributed by atoms with Crippen molar-refractivity contribution in [1.82, 2.24) is 9.55 Å². The van der Waals surface area contributed by atoms with Crippen LogP contribution in [-0.4, -0.2) is 28.2 Å². The summed E-state index contributed by atoms with van der Waals surface area (Å²) >= 11 is 5.20. The van der Waals surface area contributed by atoms with Gasteiger partial charge in [0.1, 0.15) is 0 Å². The molecule has 0 spiro atoms. The molecule has 7 heteroatoms. The first-order valence-corrected chi connectivity index (χ1v) is 7.07. The van der Waals surface area contributed by atoms with Crippen LogP contribution in [0.2, 0.25) is 0 Å². The topological polar surface area (TPSA) is 87.2 Å². The van der Waals surface area contributed by atoms with Crippen LogP contribution >= 0.6 is 12.2 Å². The quantitative estimate of drug-likeness (QED) is 0.839. The van der Waals surface area contributed by atoms with Crippen molar-refractivity contribution < 1.29 is 14.6 Å². The highest BCUT2D eigenvalue weighted by Crippen LogP contribution is 2.15. The highest BCUT2D eigenvalue weighted by Gasteiger charge is 2.18. The molecule has 1 aromatic carbocycles. The SMILES string of the molecule is O=C([O-])c1ccc2c(=O)n(C[C@@H]3CCCO3)c(=S)[nH]c2c1. The number of carbonyl (C=O) groups is 1. The predicted molar refractivity (Wildman–Crippen MR) is 76.7 cm³/mol. The summed E-state index contributed by atoms with van der Waals surface area (Å²) < 4.78 is 7.25. The number of nitrogens with one attached hydrogen (secondary N) is 1. The number of carbonyl (C=O) groups excluding carboxylic acids is 1. The number of ether oxygens (including phenoxy) is 1. The molecular weight excluding hydrogens is 292 g/mol. The van der Waals surface area contributed by atoms with Gasteiger partial charge in [0.25, 0.3) is 5.56 Å². The van der Waals surface area contributed by atoms with Crippen molar-refractivity contribution in [3.63, 3.8) is 0 Å². The number of hydrogen-bond donors (Lipinski definition) is 1. The lowest BCUT2D eigenvalue weighted by molar-refractivity contribution is -0.255. The first-order valence-electron chi connectivity index (χ1n) is 6.66. The largest absolute Gasteiger partial charge is 0.545 e. The Morgan fingerprint density at radius 1 is 1.52 bits per heavy atom. The minimum Gasteiger partial charge on any atom is -0.545 e. The summed E-state index contributed by atoms with van der Waals surface area (Å²) in [5, 5.41) is 11.3. The second-order valence-electron chi connectivity index (χ2n) is 5.03. The molecule has 1 aromatic heterocycles. The van der Waals surface area contributed by atoms with Crippen molar-refractivity contribution >= 4 is 29.1 Å². The van der Waals surface area contributed by atoms with Crippen molar-refractivity contribution in [2.75, 3.05) is 6.61 Å². The second kappa shape index (κ2) is 5.42. The normalized spacial score (nSPS) is 18.2. The van der Waals surface area contributed by atoms with Gasteiger partial charge >= 0.3 is 0 Å². The van der Waals surface area contributed by atoms with E-state index in [1.165, 1.54) is 22.8 Å². The van der Waals surface area contributed by atoms with Crippen LogP contribution in [0.1, 0.15) is 23.2 Å². The fourth-order valence-corrected chi connectivity index (χ4v) is 2.81. The number of carboxylic acids is 1. The average molecular weight is 305 g/mol. The highest BCUT2D eigenvalue weighted by atomic mass is 32.1. The number of fused-ring (bicyclic) bond motifs is 1. The lowest BCUT2D eigenvalue weighted by atomic mass is 10.1. The van der Waals surface area contributed by atoms with Crippen molar-refractivity contribution in [3.8, 4) is 0 Å². The number of carboxylic acid groups (broad SMARTS) is 1. The molecule has 0 unspecified atom stereocenters. The number of hydrogen-bond acceptors (Lipinski definition) is 5. The molecule has 0 saturated carbocycles. The number of aromatic carboxylic acids is 1. The van der Waals surface area contributed by atoms with E-state index in [2.05, 4.69) is 4.98 Å². The number of rotatable bonds is 3. The van der Waals surface area contributed by atoms with Gasteiger partial charge in [0.15, 0.2) is 4.77 Å². The standard InChI is InChI=1S/C14H14N2O4S/c17-12-10-4-3-8(13(18)19)6-11(10)15-14(21)16(12)7-9-2-1-5-20-9/h3-4,6,9H,1-2,5,7H2,(H,15,21)(H,18,19)/p-1/t9-/m0/s1. The minimum absolute atomic E-state index is 0.00209. The average Bonchev–Trinajstić information content (AvgIpc) is 2.95. The van der Waals surface area contributed by atoms with E-state index in [1.807, 2.05) is 0 Å². The van der Waals surface area contributed by atoms with E-state index in [-0.39, 0.29) is 22.0 Å². The number of aromatic nitrogens is 2. The van der Waals surface area contributed by atoms with Crippen LogP contribution in [-0.2, 0) is 11.3 Å². The van der Waals surface area contributed by atoms with Crippen LogP contribution in [0.15, 0.2) is 23.0 Å². The molecule has 0 aliphatic carbocycles. The molecule has 1 saturated heterocycles. The summed E-state index contributed by atoms with van der Waals surface area (Å²) in [6.07, 6.45) is 1.89. The van der Waals surface area contributed by atoms with E-state index in [0.29, 0.717) is 24.1 Å². The Hall–Kier alpha value is -1.99. The van der Waals surface area contributed by atoms with Gasteiger partial charge in [-0.25, -0.2) is 0 Å². The summed E-state index contributed by atoms with van der Waals surface area (Å²) in [6.45, 7) is 1.12. The predicted octanol–water partition coefficient (Wildman–Crippen LogP) is 0.602. The number of nitrogens with zero attached hydrogens (tertiary/aromatic N) is 1. The molecule has 2 heterocycles. The maximum absolute atomic E-state index is 12.5. The molecule has 1 fully saturated rings. The monoisotopic (exact) mass is 305 g/mol. The van der Waals surface area contributed by atoms with Crippen molar-refractivity contribution in [1.29, 1.82) is 0 Å². The molecule has 1 atom stereocenters. The molecule has 0 amide bonds. The summed E-state index contributed by atoms with van der Waals surface area (Å²) in [5.74, 6) is -1.29. The minimum atomic E-state index is -1.29. The van der Waals surface area contributed by atoms with Crippen LogP contribution in [0, 0.1) is 4.77 Å². The molecule has 3 rings (SSSR count). The molecule has 0 bridgehead atoms. The van der Waals surface area contributed by atoms with Crippen LogP contribution in [0.25, 0.3) is 10.9 Å². The van der Waals surface area contributed by atoms with E-state index >= 15 is 0 Å². The zero-order valence-corrected chi connectivity index (χ0v) is 11.9. The van der Waals surface area contributed by atoms with Crippen LogP contribution < -0.4 is 10.7 Å². The molecule has 1 aliphatic heterocycles. The van der Waals surface area contributed by atoms with Crippen molar-refractivity contribution in [3.05, 3.63) is 38.9 Å². The van der Waals surface area contributed by atoms with Crippen LogP contribution in [0.3, 0.4) is 0 Å². The first kappa shape index (κ1) is 14.0. The Balaban J connectivity index is 2.10. The third kappa shape index (κ3) is 2.62. The van der Waals surface area contributed by atoms with Crippen LogP contribution in [0.5, 0.6) is 0 Å². The summed E-state index contributed by atoms with van der Waals surface area (Å²) in [5.41, 5.74) is 0.161. The Morgan fingerprint density at radius 3 is 3.00 bits per heavy atom. The number of benzene rings is 1. The Morgan fingerprint density at radius 2 is 2.33 bits per heavy atom. The summed E-state index contributed by atoms with van der Waals surface area (Å²) in [6, 6.07) is 4.19. The molecular formula is C14H13N2O4S-. The molecule has 0 radical (unpaired) electrons. The lowest BCUT2D eigenvalue weighted by Gasteiger charge is -2.13. The zero-order chi connectivity index (χ0) is 15.0. The Bertz CT molecular complexity index is 818. The van der Waals surface area contributed by atoms with Crippen LogP contribution in [0.4, 0.5) is 0 Å². The van der Waals surface area contributed by atoms with Crippen molar-refractivity contribution in [2.45, 2.75) is 25.5 Å². The van der Waals surface area contributed by atoms with Gasteiger partial charge in [-0.2, -0.15) is 0 Å². The van der Waals surface area contributed by atoms with Gasteiger partial charge < -0.3 is 19.6 Å². The molecule has 1 aliphatic rings. The third-order valence-corrected chi connectivity index (χ3v) is 3.95. The molecule has 6 nitrogen and oxygen atoms in total. The Labute approximate surface area is 125 Å². The van der Waals surface area contributed by atoms with E-state index < -0.39 is 5.97 Å². The highest BCUT2D eigenvalue weighted by molar-refractivity contribution is 7.71. The van der Waals surface area contributed by atoms with Gasteiger partial charge in [-0.15, -0.1) is 0 Å².